The minimum atomic E-state index is -1.06. The molecule has 0 bridgehead atoms. The Labute approximate surface area is 221 Å². The van der Waals surface area contributed by atoms with E-state index in [1.54, 1.807) is 24.3 Å². The van der Waals surface area contributed by atoms with Gasteiger partial charge in [-0.05, 0) is 45.9 Å². The molecule has 0 saturated heterocycles. The van der Waals surface area contributed by atoms with Crippen molar-refractivity contribution in [3.8, 4) is 11.1 Å². The number of hydrogen-bond acceptors (Lipinski definition) is 5. The fourth-order valence-corrected chi connectivity index (χ4v) is 4.49. The van der Waals surface area contributed by atoms with Crippen molar-refractivity contribution in [1.29, 1.82) is 5.41 Å². The van der Waals surface area contributed by atoms with Gasteiger partial charge in [0.05, 0.1) is 12.5 Å². The van der Waals surface area contributed by atoms with E-state index in [-0.39, 0.29) is 18.9 Å². The maximum absolute atomic E-state index is 13.5. The number of rotatable bonds is 8. The van der Waals surface area contributed by atoms with E-state index in [0.717, 1.165) is 28.5 Å². The van der Waals surface area contributed by atoms with Crippen LogP contribution < -0.4 is 5.32 Å². The van der Waals surface area contributed by atoms with Crippen LogP contribution in [-0.4, -0.2) is 46.8 Å². The summed E-state index contributed by atoms with van der Waals surface area (Å²) in [5, 5.41) is 20.5. The summed E-state index contributed by atoms with van der Waals surface area (Å²) in [7, 11) is 0. The predicted octanol–water partition coefficient (Wildman–Crippen LogP) is 5.33. The highest BCUT2D eigenvalue weighted by molar-refractivity contribution is 6.00. The van der Waals surface area contributed by atoms with Gasteiger partial charge in [-0.2, -0.15) is 0 Å². The first-order chi connectivity index (χ1) is 18.3. The van der Waals surface area contributed by atoms with Crippen LogP contribution in [0.5, 0.6) is 0 Å². The number of carbonyl (C=O) groups excluding carboxylic acids is 2. The van der Waals surface area contributed by atoms with E-state index in [1.807, 2.05) is 62.4 Å². The topological polar surface area (TPSA) is 120 Å². The second-order valence-corrected chi connectivity index (χ2v) is 9.75. The Hall–Kier alpha value is -4.46. The normalized spacial score (nSPS) is 15.3. The summed E-state index contributed by atoms with van der Waals surface area (Å²) in [5.74, 6) is -2.10. The number of benzene rings is 3. The van der Waals surface area contributed by atoms with Gasteiger partial charge in [0.25, 0.3) is 0 Å². The third kappa shape index (κ3) is 6.08. The number of nitrogens with zero attached hydrogens (tertiary/aromatic N) is 1. The lowest BCUT2D eigenvalue weighted by Crippen LogP contribution is -2.50. The van der Waals surface area contributed by atoms with Crippen LogP contribution in [0.2, 0.25) is 0 Å². The summed E-state index contributed by atoms with van der Waals surface area (Å²) in [4.78, 5) is 38.7. The van der Waals surface area contributed by atoms with Gasteiger partial charge in [0.2, 0.25) is 5.91 Å². The van der Waals surface area contributed by atoms with Crippen LogP contribution >= 0.6 is 0 Å². The molecule has 0 fully saturated rings. The highest BCUT2D eigenvalue weighted by Crippen LogP contribution is 2.29. The largest absolute Gasteiger partial charge is 0.480 e. The third-order valence-corrected chi connectivity index (χ3v) is 6.53. The summed E-state index contributed by atoms with van der Waals surface area (Å²) in [6, 6.07) is 21.1. The quantitative estimate of drug-likeness (QED) is 0.352. The lowest BCUT2D eigenvalue weighted by molar-refractivity contribution is -0.151. The molecule has 0 spiro atoms. The first-order valence-corrected chi connectivity index (χ1v) is 12.5. The zero-order valence-corrected chi connectivity index (χ0v) is 21.4. The molecule has 1 aliphatic rings. The Morgan fingerprint density at radius 3 is 2.18 bits per heavy atom. The minimum absolute atomic E-state index is 0.194. The molecule has 3 aromatic carbocycles. The van der Waals surface area contributed by atoms with Gasteiger partial charge < -0.3 is 20.2 Å². The molecular formula is C30H31N3O5. The lowest BCUT2D eigenvalue weighted by atomic mass is 9.90. The monoisotopic (exact) mass is 513 g/mol. The van der Waals surface area contributed by atoms with Crippen LogP contribution in [0, 0.1) is 11.3 Å². The molecule has 2 amide bonds. The van der Waals surface area contributed by atoms with Crippen molar-refractivity contribution in [2.24, 2.45) is 5.92 Å². The molecule has 4 rings (SSSR count). The van der Waals surface area contributed by atoms with Gasteiger partial charge >= 0.3 is 12.1 Å². The first-order valence-electron chi connectivity index (χ1n) is 12.5. The van der Waals surface area contributed by atoms with Crippen LogP contribution in [0.1, 0.15) is 36.5 Å². The molecule has 0 aromatic heterocycles. The number of ether oxygens (including phenoxy) is 1. The predicted molar refractivity (Wildman–Crippen MR) is 145 cm³/mol. The molecule has 1 heterocycles. The molecule has 38 heavy (non-hydrogen) atoms. The Morgan fingerprint density at radius 1 is 1.00 bits per heavy atom. The average molecular weight is 514 g/mol. The Morgan fingerprint density at radius 2 is 1.61 bits per heavy atom. The van der Waals surface area contributed by atoms with Crippen LogP contribution in [0.25, 0.3) is 11.1 Å². The van der Waals surface area contributed by atoms with E-state index in [1.165, 1.54) is 4.90 Å². The third-order valence-electron chi connectivity index (χ3n) is 6.53. The number of nitrogens with one attached hydrogen (secondary N) is 2. The molecule has 2 atom stereocenters. The van der Waals surface area contributed by atoms with E-state index >= 15 is 0 Å². The molecular weight excluding hydrogens is 482 g/mol. The highest BCUT2D eigenvalue weighted by atomic mass is 16.5. The number of amides is 2. The van der Waals surface area contributed by atoms with Crippen molar-refractivity contribution in [1.82, 2.24) is 4.90 Å². The molecule has 1 unspecified atom stereocenters. The van der Waals surface area contributed by atoms with Crippen LogP contribution in [0.15, 0.2) is 72.8 Å². The smallest absolute Gasteiger partial charge is 0.411 e. The number of aliphatic carboxylic acids is 1. The Balaban J connectivity index is 1.47. The van der Waals surface area contributed by atoms with Crippen molar-refractivity contribution in [3.63, 3.8) is 0 Å². The standard InChI is InChI=1S/C30H31N3O5/c1-19(2)18-38-30(37)32-25-13-11-21(12-14-25)20-7-9-22(10-8-20)26(16-31)28(34)33-17-24-6-4-3-5-23(24)15-27(33)29(35)36/h3-14,16,19,26-27,31H,15,17-18H2,1-2H3,(H,32,37)(H,35,36)/t26?,27-/m1/s1. The highest BCUT2D eigenvalue weighted by Gasteiger charge is 2.37. The summed E-state index contributed by atoms with van der Waals surface area (Å²) in [5.41, 5.74) is 4.88. The fraction of sp³-hybridized carbons (Fsp3) is 0.267. The first kappa shape index (κ1) is 26.6. The molecule has 0 saturated carbocycles. The fourth-order valence-electron chi connectivity index (χ4n) is 4.49. The minimum Gasteiger partial charge on any atom is -0.480 e. The second kappa shape index (κ2) is 11.7. The maximum atomic E-state index is 13.5. The van der Waals surface area contributed by atoms with Crippen molar-refractivity contribution in [2.45, 2.75) is 38.8 Å². The number of fused-ring (bicyclic) bond motifs is 1. The molecule has 196 valence electrons. The molecule has 8 heteroatoms. The van der Waals surface area contributed by atoms with Gasteiger partial charge in [-0.15, -0.1) is 0 Å². The van der Waals surface area contributed by atoms with Crippen LogP contribution in [-0.2, 0) is 27.3 Å². The van der Waals surface area contributed by atoms with E-state index in [0.29, 0.717) is 17.9 Å². The van der Waals surface area contributed by atoms with Gasteiger partial charge in [0, 0.05) is 24.9 Å². The molecule has 0 aliphatic carbocycles. The Bertz CT molecular complexity index is 1320. The average Bonchev–Trinajstić information content (AvgIpc) is 2.92. The van der Waals surface area contributed by atoms with Gasteiger partial charge in [0.1, 0.15) is 6.04 Å². The summed E-state index contributed by atoms with van der Waals surface area (Å²) in [6.45, 7) is 4.47. The molecule has 8 nitrogen and oxygen atoms in total. The van der Waals surface area contributed by atoms with E-state index in [2.05, 4.69) is 5.32 Å². The Kier molecular flexibility index (Phi) is 8.21. The van der Waals surface area contributed by atoms with Crippen molar-refractivity contribution >= 4 is 29.9 Å². The lowest BCUT2D eigenvalue weighted by Gasteiger charge is -2.36. The van der Waals surface area contributed by atoms with Gasteiger partial charge in [-0.1, -0.05) is 74.5 Å². The number of carbonyl (C=O) groups is 3. The van der Waals surface area contributed by atoms with E-state index in [9.17, 15) is 19.5 Å². The maximum Gasteiger partial charge on any atom is 0.411 e. The summed E-state index contributed by atoms with van der Waals surface area (Å²) >= 11 is 0. The van der Waals surface area contributed by atoms with Crippen LogP contribution in [0.4, 0.5) is 10.5 Å². The number of carboxylic acid groups (broad SMARTS) is 1. The summed E-state index contributed by atoms with van der Waals surface area (Å²) < 4.78 is 5.14. The zero-order valence-electron chi connectivity index (χ0n) is 21.4. The SMILES string of the molecule is CC(C)COC(=O)Nc1ccc(-c2ccc(C(C=N)C(=O)N3Cc4ccccc4C[C@@H]3C(=O)O)cc2)cc1. The number of anilines is 1. The van der Waals surface area contributed by atoms with Gasteiger partial charge in [-0.25, -0.2) is 9.59 Å². The molecule has 1 aliphatic heterocycles. The number of hydrogen-bond donors (Lipinski definition) is 3. The zero-order chi connectivity index (χ0) is 27.2. The summed E-state index contributed by atoms with van der Waals surface area (Å²) in [6.07, 6.45) is 0.803. The van der Waals surface area contributed by atoms with Gasteiger partial charge in [0.15, 0.2) is 0 Å². The van der Waals surface area contributed by atoms with E-state index < -0.39 is 29.9 Å². The molecule has 3 N–H and O–H groups in total. The number of carboxylic acids is 1. The van der Waals surface area contributed by atoms with Crippen LogP contribution in [0.3, 0.4) is 0 Å². The van der Waals surface area contributed by atoms with Crippen molar-refractivity contribution in [3.05, 3.63) is 89.5 Å². The second-order valence-electron chi connectivity index (χ2n) is 9.75. The molecule has 0 radical (unpaired) electrons. The van der Waals surface area contributed by atoms with Crippen molar-refractivity contribution in [2.75, 3.05) is 11.9 Å². The van der Waals surface area contributed by atoms with E-state index in [4.69, 9.17) is 10.1 Å². The molecule has 3 aromatic rings. The van der Waals surface area contributed by atoms with Crippen molar-refractivity contribution < 1.29 is 24.2 Å². The van der Waals surface area contributed by atoms with Gasteiger partial charge in [-0.3, -0.25) is 10.1 Å².